The Morgan fingerprint density at radius 3 is 2.60 bits per heavy atom. The predicted octanol–water partition coefficient (Wildman–Crippen LogP) is 5.12. The Hall–Kier alpha value is -2.92. The fourth-order valence-corrected chi connectivity index (χ4v) is 2.79. The molecule has 0 amide bonds. The third-order valence-electron chi connectivity index (χ3n) is 3.79. The van der Waals surface area contributed by atoms with Crippen LogP contribution in [-0.2, 0) is 0 Å². The number of furan rings is 1. The van der Waals surface area contributed by atoms with Crippen molar-refractivity contribution in [3.05, 3.63) is 86.9 Å². The molecule has 2 heterocycles. The van der Waals surface area contributed by atoms with E-state index in [0.29, 0.717) is 11.5 Å². The summed E-state index contributed by atoms with van der Waals surface area (Å²) in [6.07, 6.45) is 3.41. The van der Waals surface area contributed by atoms with Gasteiger partial charge in [-0.15, -0.1) is 0 Å². The first kappa shape index (κ1) is 15.6. The molecule has 5 heteroatoms. The molecule has 0 bridgehead atoms. The lowest BCUT2D eigenvalue weighted by atomic mass is 10.2. The molecule has 0 aliphatic carbocycles. The Morgan fingerprint density at radius 2 is 1.76 bits per heavy atom. The van der Waals surface area contributed by atoms with Gasteiger partial charge in [-0.1, -0.05) is 40.2 Å². The van der Waals surface area contributed by atoms with Crippen molar-refractivity contribution in [1.29, 1.82) is 0 Å². The number of rotatable bonds is 3. The molecule has 4 rings (SSSR count). The minimum Gasteiger partial charge on any atom is -0.457 e. The summed E-state index contributed by atoms with van der Waals surface area (Å²) in [6, 6.07) is 19.1. The van der Waals surface area contributed by atoms with Crippen molar-refractivity contribution in [2.24, 2.45) is 0 Å². The minimum atomic E-state index is -0.227. The van der Waals surface area contributed by atoms with Crippen LogP contribution in [0, 0.1) is 0 Å². The van der Waals surface area contributed by atoms with Crippen molar-refractivity contribution in [2.45, 2.75) is 0 Å². The Bertz CT molecular complexity index is 1120. The van der Waals surface area contributed by atoms with E-state index in [2.05, 4.69) is 25.9 Å². The highest BCUT2D eigenvalue weighted by Gasteiger charge is 2.04. The van der Waals surface area contributed by atoms with Crippen LogP contribution < -0.4 is 5.56 Å². The second kappa shape index (κ2) is 6.53. The zero-order valence-electron chi connectivity index (χ0n) is 13.1. The van der Waals surface area contributed by atoms with Gasteiger partial charge in [0.05, 0.1) is 11.0 Å². The van der Waals surface area contributed by atoms with Crippen molar-refractivity contribution >= 4 is 39.1 Å². The third-order valence-corrected chi connectivity index (χ3v) is 4.32. The number of H-pyrrole nitrogens is 1. The van der Waals surface area contributed by atoms with E-state index in [4.69, 9.17) is 4.42 Å². The summed E-state index contributed by atoms with van der Waals surface area (Å²) in [6.45, 7) is 0. The highest BCUT2D eigenvalue weighted by molar-refractivity contribution is 9.10. The number of para-hydroxylation sites is 2. The SMILES string of the molecule is O=c1[nH]c2ccccc2nc1/C=C/c1ccc(-c2ccc(Br)cc2)o1. The van der Waals surface area contributed by atoms with E-state index in [1.807, 2.05) is 60.7 Å². The van der Waals surface area contributed by atoms with Crippen molar-refractivity contribution in [3.8, 4) is 11.3 Å². The summed E-state index contributed by atoms with van der Waals surface area (Å²) in [5, 5.41) is 0. The number of benzene rings is 2. The average Bonchev–Trinajstić information content (AvgIpc) is 3.09. The van der Waals surface area contributed by atoms with E-state index in [1.54, 1.807) is 12.2 Å². The summed E-state index contributed by atoms with van der Waals surface area (Å²) in [7, 11) is 0. The number of aromatic nitrogens is 2. The molecule has 0 unspecified atom stereocenters. The number of hydrogen-bond donors (Lipinski definition) is 1. The first-order chi connectivity index (χ1) is 12.2. The van der Waals surface area contributed by atoms with E-state index in [9.17, 15) is 4.79 Å². The number of halogens is 1. The molecule has 4 aromatic rings. The van der Waals surface area contributed by atoms with Crippen LogP contribution in [-0.4, -0.2) is 9.97 Å². The van der Waals surface area contributed by atoms with Crippen LogP contribution in [0.1, 0.15) is 11.5 Å². The number of fused-ring (bicyclic) bond motifs is 1. The second-order valence-corrected chi connectivity index (χ2v) is 6.43. The van der Waals surface area contributed by atoms with Gasteiger partial charge < -0.3 is 9.40 Å². The molecule has 25 heavy (non-hydrogen) atoms. The summed E-state index contributed by atoms with van der Waals surface area (Å²) in [5.41, 5.74) is 2.58. The van der Waals surface area contributed by atoms with Crippen molar-refractivity contribution < 1.29 is 4.42 Å². The number of nitrogens with zero attached hydrogens (tertiary/aromatic N) is 1. The van der Waals surface area contributed by atoms with E-state index in [0.717, 1.165) is 26.8 Å². The lowest BCUT2D eigenvalue weighted by Crippen LogP contribution is -2.11. The van der Waals surface area contributed by atoms with Crippen LogP contribution in [0.4, 0.5) is 0 Å². The summed E-state index contributed by atoms with van der Waals surface area (Å²) >= 11 is 3.42. The average molecular weight is 393 g/mol. The normalized spacial score (nSPS) is 11.4. The van der Waals surface area contributed by atoms with E-state index in [1.165, 1.54) is 0 Å². The van der Waals surface area contributed by atoms with Gasteiger partial charge in [-0.05, 0) is 48.6 Å². The Morgan fingerprint density at radius 1 is 0.960 bits per heavy atom. The van der Waals surface area contributed by atoms with Crippen molar-refractivity contribution in [3.63, 3.8) is 0 Å². The summed E-state index contributed by atoms with van der Waals surface area (Å²) in [5.74, 6) is 1.43. The molecule has 2 aromatic heterocycles. The number of nitrogens with one attached hydrogen (secondary N) is 1. The van der Waals surface area contributed by atoms with Gasteiger partial charge in [-0.3, -0.25) is 4.79 Å². The van der Waals surface area contributed by atoms with Gasteiger partial charge >= 0.3 is 0 Å². The summed E-state index contributed by atoms with van der Waals surface area (Å²) < 4.78 is 6.83. The second-order valence-electron chi connectivity index (χ2n) is 5.51. The highest BCUT2D eigenvalue weighted by Crippen LogP contribution is 2.24. The lowest BCUT2D eigenvalue weighted by molar-refractivity contribution is 0.572. The number of hydrogen-bond acceptors (Lipinski definition) is 3. The van der Waals surface area contributed by atoms with E-state index >= 15 is 0 Å². The zero-order valence-corrected chi connectivity index (χ0v) is 14.7. The molecule has 4 nitrogen and oxygen atoms in total. The first-order valence-electron chi connectivity index (χ1n) is 7.72. The van der Waals surface area contributed by atoms with Gasteiger partial charge in [0.15, 0.2) is 0 Å². The van der Waals surface area contributed by atoms with Crippen LogP contribution in [0.5, 0.6) is 0 Å². The molecule has 2 aromatic carbocycles. The molecule has 0 aliphatic rings. The monoisotopic (exact) mass is 392 g/mol. The fourth-order valence-electron chi connectivity index (χ4n) is 2.53. The minimum absolute atomic E-state index is 0.227. The van der Waals surface area contributed by atoms with Gasteiger partial charge in [0.1, 0.15) is 17.2 Å². The van der Waals surface area contributed by atoms with Crippen LogP contribution in [0.3, 0.4) is 0 Å². The number of aromatic amines is 1. The Labute approximate surface area is 152 Å². The zero-order chi connectivity index (χ0) is 17.2. The van der Waals surface area contributed by atoms with E-state index < -0.39 is 0 Å². The van der Waals surface area contributed by atoms with Crippen LogP contribution >= 0.6 is 15.9 Å². The summed E-state index contributed by atoms with van der Waals surface area (Å²) in [4.78, 5) is 19.3. The van der Waals surface area contributed by atoms with Crippen molar-refractivity contribution in [1.82, 2.24) is 9.97 Å². The Balaban J connectivity index is 1.63. The van der Waals surface area contributed by atoms with Crippen LogP contribution in [0.15, 0.2) is 74.3 Å². The van der Waals surface area contributed by atoms with Crippen LogP contribution in [0.2, 0.25) is 0 Å². The van der Waals surface area contributed by atoms with Gasteiger partial charge in [0.25, 0.3) is 5.56 Å². The Kier molecular flexibility index (Phi) is 4.07. The smallest absolute Gasteiger partial charge is 0.274 e. The van der Waals surface area contributed by atoms with Gasteiger partial charge in [0.2, 0.25) is 0 Å². The molecular formula is C20H13BrN2O2. The maximum atomic E-state index is 12.1. The molecule has 0 saturated carbocycles. The predicted molar refractivity (Wildman–Crippen MR) is 103 cm³/mol. The lowest BCUT2D eigenvalue weighted by Gasteiger charge is -1.98. The molecule has 0 saturated heterocycles. The quantitative estimate of drug-likeness (QED) is 0.526. The molecule has 0 atom stereocenters. The molecule has 122 valence electrons. The van der Waals surface area contributed by atoms with Crippen molar-refractivity contribution in [2.75, 3.05) is 0 Å². The molecule has 1 N–H and O–H groups in total. The fraction of sp³-hybridized carbons (Fsp3) is 0. The highest BCUT2D eigenvalue weighted by atomic mass is 79.9. The maximum absolute atomic E-state index is 12.1. The third kappa shape index (κ3) is 3.32. The standard InChI is InChI=1S/C20H13BrN2O2/c21-14-7-5-13(6-8-14)19-12-10-15(25-19)9-11-18-20(24)23-17-4-2-1-3-16(17)22-18/h1-12H,(H,23,24)/b11-9+. The molecule has 0 radical (unpaired) electrons. The van der Waals surface area contributed by atoms with Gasteiger partial charge in [0, 0.05) is 10.0 Å². The first-order valence-corrected chi connectivity index (χ1v) is 8.51. The van der Waals surface area contributed by atoms with Gasteiger partial charge in [-0.25, -0.2) is 4.98 Å². The molecule has 0 aliphatic heterocycles. The largest absolute Gasteiger partial charge is 0.457 e. The maximum Gasteiger partial charge on any atom is 0.274 e. The van der Waals surface area contributed by atoms with E-state index in [-0.39, 0.29) is 5.56 Å². The molecular weight excluding hydrogens is 380 g/mol. The van der Waals surface area contributed by atoms with Crippen LogP contribution in [0.25, 0.3) is 34.5 Å². The van der Waals surface area contributed by atoms with Gasteiger partial charge in [-0.2, -0.15) is 0 Å². The topological polar surface area (TPSA) is 58.9 Å². The molecule has 0 fully saturated rings. The molecule has 0 spiro atoms.